The second-order valence-electron chi connectivity index (χ2n) is 18.3. The van der Waals surface area contributed by atoms with Crippen LogP contribution in [0.15, 0.2) is 110 Å². The van der Waals surface area contributed by atoms with Gasteiger partial charge < -0.3 is 0 Å². The summed E-state index contributed by atoms with van der Waals surface area (Å²) in [5.41, 5.74) is 9.59. The maximum atomic E-state index is 5.00. The molecule has 8 saturated carbocycles. The summed E-state index contributed by atoms with van der Waals surface area (Å²) >= 11 is 0. The van der Waals surface area contributed by atoms with Crippen molar-refractivity contribution in [3.05, 3.63) is 132 Å². The molecule has 0 N–H and O–H groups in total. The van der Waals surface area contributed by atoms with Gasteiger partial charge in [0.2, 0.25) is 0 Å². The molecule has 13 rings (SSSR count). The van der Waals surface area contributed by atoms with Gasteiger partial charge in [-0.3, -0.25) is 0 Å². The number of hydrogen-bond acceptors (Lipinski definition) is 4. The Balaban J connectivity index is 1.15. The van der Waals surface area contributed by atoms with Crippen LogP contribution in [0.4, 0.5) is 0 Å². The Hall–Kier alpha value is -3.32. The minimum absolute atomic E-state index is 0.274. The van der Waals surface area contributed by atoms with Crippen LogP contribution in [-0.2, 0) is 11.3 Å². The van der Waals surface area contributed by atoms with Crippen LogP contribution < -0.4 is 0 Å². The summed E-state index contributed by atoms with van der Waals surface area (Å²) in [5, 5.41) is -0.814. The Morgan fingerprint density at radius 2 is 0.889 bits per heavy atom. The highest BCUT2D eigenvalue weighted by molar-refractivity contribution is 7.58. The molecule has 1 unspecified atom stereocenters. The molecule has 2 aromatic heterocycles. The van der Waals surface area contributed by atoms with Crippen molar-refractivity contribution in [3.63, 3.8) is 0 Å². The molecule has 0 saturated heterocycles. The van der Waals surface area contributed by atoms with Gasteiger partial charge in [-0.05, 0) is 187 Å². The first-order chi connectivity index (χ1) is 26.6. The van der Waals surface area contributed by atoms with Crippen molar-refractivity contribution in [2.75, 3.05) is 0 Å². The molecule has 4 nitrogen and oxygen atoms in total. The van der Waals surface area contributed by atoms with Crippen LogP contribution in [0.25, 0.3) is 22.3 Å². The summed E-state index contributed by atoms with van der Waals surface area (Å²) in [6.45, 7) is 0. The predicted molar refractivity (Wildman–Crippen MR) is 223 cm³/mol. The molecule has 5 aromatic rings. The molecule has 1 atom stereocenters. The van der Waals surface area contributed by atoms with Crippen LogP contribution in [0.1, 0.15) is 87.0 Å². The lowest BCUT2D eigenvalue weighted by molar-refractivity contribution is 0.0129. The molecule has 3 aromatic carbocycles. The van der Waals surface area contributed by atoms with E-state index in [1.165, 1.54) is 104 Å². The molecule has 274 valence electrons. The first-order valence-corrected chi connectivity index (χ1v) is 23.2. The Morgan fingerprint density at radius 3 is 1.30 bits per heavy atom. The van der Waals surface area contributed by atoms with Crippen LogP contribution in [0, 0.1) is 47.3 Å². The van der Waals surface area contributed by atoms with Crippen molar-refractivity contribution < 1.29 is 0 Å². The van der Waals surface area contributed by atoms with Gasteiger partial charge in [-0.1, -0.05) is 68.6 Å². The summed E-state index contributed by atoms with van der Waals surface area (Å²) in [7, 11) is 2.97. The lowest BCUT2D eigenvalue weighted by atomic mass is 9.55. The van der Waals surface area contributed by atoms with E-state index >= 15 is 0 Å². The molecule has 8 fully saturated rings. The highest BCUT2D eigenvalue weighted by atomic mass is 31.1. The number of nitrogens with zero attached hydrogens (tertiary/aromatic N) is 4. The fraction of sp³-hybridized carbons (Fsp3) is 0.458. The minimum Gasteiger partial charge on any atom is -0.240 e. The molecular weight excluding hydrogens is 695 g/mol. The van der Waals surface area contributed by atoms with Crippen molar-refractivity contribution in [1.82, 2.24) is 19.9 Å². The van der Waals surface area contributed by atoms with Crippen molar-refractivity contribution >= 4 is 17.2 Å². The highest BCUT2D eigenvalue weighted by Gasteiger charge is 2.57. The van der Waals surface area contributed by atoms with E-state index in [4.69, 9.17) is 19.9 Å². The fourth-order valence-electron chi connectivity index (χ4n) is 13.7. The van der Waals surface area contributed by atoms with Gasteiger partial charge in [-0.25, -0.2) is 19.9 Å². The maximum absolute atomic E-state index is 5.00. The van der Waals surface area contributed by atoms with E-state index in [0.29, 0.717) is 0 Å². The van der Waals surface area contributed by atoms with Gasteiger partial charge >= 0.3 is 0 Å². The van der Waals surface area contributed by atoms with E-state index in [0.717, 1.165) is 70.3 Å². The lowest BCUT2D eigenvalue weighted by Gasteiger charge is -2.62. The van der Waals surface area contributed by atoms with Crippen LogP contribution >= 0.6 is 17.2 Å². The lowest BCUT2D eigenvalue weighted by Crippen LogP contribution is -2.52. The van der Waals surface area contributed by atoms with E-state index in [1.54, 1.807) is 0 Å². The Bertz CT molecular complexity index is 1970. The van der Waals surface area contributed by atoms with Gasteiger partial charge in [0.15, 0.2) is 0 Å². The third-order valence-corrected chi connectivity index (χ3v) is 19.9. The van der Waals surface area contributed by atoms with E-state index in [1.807, 2.05) is 36.9 Å². The number of aromatic nitrogens is 4. The second-order valence-corrected chi connectivity index (χ2v) is 21.7. The molecule has 0 radical (unpaired) electrons. The van der Waals surface area contributed by atoms with Crippen molar-refractivity contribution in [1.29, 1.82) is 0 Å². The standard InChI is InChI=1S/C48H52N4P2/c53-48(46-49-13-7-14-50-46,47-51-15-8-16-52-47)43-28-42(35-11-5-2-6-12-35)41(34-9-3-1-4-10-34)27-40(43)29-54(44-36-19-30-17-31(21-36)22-37(44)20-30)45-38-23-32-18-33(25-38)26-39(45)24-32/h1-16,27-28,30-33,36-39,44-45H,17-26,29,53H2. The predicted octanol–water partition coefficient (Wildman–Crippen LogP) is 11.4. The third kappa shape index (κ3) is 5.75. The van der Waals surface area contributed by atoms with Gasteiger partial charge in [-0.15, -0.1) is 9.24 Å². The van der Waals surface area contributed by atoms with Gasteiger partial charge in [0.25, 0.3) is 0 Å². The van der Waals surface area contributed by atoms with Gasteiger partial charge in [-0.2, -0.15) is 0 Å². The third-order valence-electron chi connectivity index (χ3n) is 15.1. The normalized spacial score (nSPS) is 32.5. The largest absolute Gasteiger partial charge is 0.240 e. The SMILES string of the molecule is PC(c1ncccn1)(c1ncccn1)c1cc(-c2ccccc2)c(-c2ccccc2)cc1CP(C1C2CC3CC(C2)CC1C3)C1C2CC3CC(C2)CC1C3. The molecule has 54 heavy (non-hydrogen) atoms. The smallest absolute Gasteiger partial charge is 0.150 e. The van der Waals surface area contributed by atoms with E-state index in [9.17, 15) is 0 Å². The van der Waals surface area contributed by atoms with E-state index in [2.05, 4.69) is 82.0 Å². The summed E-state index contributed by atoms with van der Waals surface area (Å²) in [6, 6.07) is 31.1. The molecule has 0 spiro atoms. The van der Waals surface area contributed by atoms with E-state index < -0.39 is 5.16 Å². The van der Waals surface area contributed by atoms with E-state index in [-0.39, 0.29) is 7.92 Å². The second kappa shape index (κ2) is 13.7. The average molecular weight is 747 g/mol. The quantitative estimate of drug-likeness (QED) is 0.141. The first-order valence-electron chi connectivity index (χ1n) is 21.0. The summed E-state index contributed by atoms with van der Waals surface area (Å²) in [5.74, 6) is 9.18. The monoisotopic (exact) mass is 746 g/mol. The van der Waals surface area contributed by atoms with Crippen LogP contribution in [0.3, 0.4) is 0 Å². The molecule has 8 aliphatic rings. The number of benzene rings is 3. The zero-order valence-electron chi connectivity index (χ0n) is 31.3. The molecule has 2 heterocycles. The van der Waals surface area contributed by atoms with Crippen LogP contribution in [0.5, 0.6) is 0 Å². The van der Waals surface area contributed by atoms with Crippen molar-refractivity contribution in [2.24, 2.45) is 47.3 Å². The Labute approximate surface area is 324 Å². The molecule has 0 aliphatic heterocycles. The van der Waals surface area contributed by atoms with Gasteiger partial charge in [0.1, 0.15) is 16.8 Å². The van der Waals surface area contributed by atoms with Gasteiger partial charge in [0, 0.05) is 24.8 Å². The maximum Gasteiger partial charge on any atom is 0.150 e. The fourth-order valence-corrected chi connectivity index (χ4v) is 18.9. The van der Waals surface area contributed by atoms with Gasteiger partial charge in [0.05, 0.1) is 0 Å². The summed E-state index contributed by atoms with van der Waals surface area (Å²) in [4.78, 5) is 20.0. The minimum atomic E-state index is -0.814. The Morgan fingerprint density at radius 1 is 0.500 bits per heavy atom. The molecule has 6 heteroatoms. The zero-order valence-corrected chi connectivity index (χ0v) is 33.3. The topological polar surface area (TPSA) is 51.6 Å². The number of rotatable bonds is 9. The first kappa shape index (κ1) is 34.0. The van der Waals surface area contributed by atoms with Crippen molar-refractivity contribution in [2.45, 2.75) is 86.8 Å². The molecular formula is C48H52N4P2. The molecule has 0 amide bonds. The summed E-state index contributed by atoms with van der Waals surface area (Å²) < 4.78 is 0. The highest BCUT2D eigenvalue weighted by Crippen LogP contribution is 2.72. The van der Waals surface area contributed by atoms with Crippen LogP contribution in [0.2, 0.25) is 0 Å². The number of hydrogen-bond donors (Lipinski definition) is 0. The molecule has 8 aliphatic carbocycles. The molecule has 8 bridgehead atoms. The van der Waals surface area contributed by atoms with Crippen molar-refractivity contribution in [3.8, 4) is 22.3 Å². The Kier molecular flexibility index (Phi) is 8.62. The summed E-state index contributed by atoms with van der Waals surface area (Å²) in [6.07, 6.45) is 23.8. The average Bonchev–Trinajstić information content (AvgIpc) is 3.21. The zero-order chi connectivity index (χ0) is 35.8. The van der Waals surface area contributed by atoms with Crippen LogP contribution in [-0.4, -0.2) is 31.3 Å².